The molecule has 0 aromatic heterocycles. The van der Waals surface area contributed by atoms with Crippen LogP contribution in [0.2, 0.25) is 0 Å². The molecule has 0 saturated carbocycles. The van der Waals surface area contributed by atoms with E-state index in [4.69, 9.17) is 4.74 Å². The number of rotatable bonds is 2. The van der Waals surface area contributed by atoms with Crippen LogP contribution < -0.4 is 0 Å². The second-order valence-electron chi connectivity index (χ2n) is 4.96. The summed E-state index contributed by atoms with van der Waals surface area (Å²) in [6.45, 7) is 6.90. The van der Waals surface area contributed by atoms with Crippen LogP contribution in [-0.2, 0) is 4.74 Å². The maximum Gasteiger partial charge on any atom is 0.108 e. The quantitative estimate of drug-likeness (QED) is 0.830. The summed E-state index contributed by atoms with van der Waals surface area (Å²) in [6, 6.07) is 6.07. The molecule has 1 aliphatic heterocycles. The van der Waals surface area contributed by atoms with Gasteiger partial charge >= 0.3 is 0 Å². The van der Waals surface area contributed by atoms with Crippen molar-refractivity contribution in [1.29, 1.82) is 0 Å². The maximum absolute atomic E-state index is 10.5. The van der Waals surface area contributed by atoms with Crippen molar-refractivity contribution < 1.29 is 9.84 Å². The lowest BCUT2D eigenvalue weighted by atomic mass is 9.87. The van der Waals surface area contributed by atoms with Gasteiger partial charge in [-0.1, -0.05) is 18.2 Å². The van der Waals surface area contributed by atoms with Crippen LogP contribution in [0.3, 0.4) is 0 Å². The van der Waals surface area contributed by atoms with Crippen LogP contribution >= 0.6 is 0 Å². The van der Waals surface area contributed by atoms with Crippen LogP contribution in [0, 0.1) is 13.8 Å². The van der Waals surface area contributed by atoms with Gasteiger partial charge in [0.2, 0.25) is 0 Å². The van der Waals surface area contributed by atoms with Crippen molar-refractivity contribution in [3.8, 4) is 0 Å². The molecule has 1 aromatic rings. The Morgan fingerprint density at radius 3 is 2.75 bits per heavy atom. The fourth-order valence-corrected chi connectivity index (χ4v) is 2.42. The van der Waals surface area contributed by atoms with E-state index in [0.29, 0.717) is 0 Å². The van der Waals surface area contributed by atoms with Crippen LogP contribution in [0.15, 0.2) is 18.2 Å². The maximum atomic E-state index is 10.5. The number of ether oxygens (including phenoxy) is 1. The molecule has 2 heteroatoms. The van der Waals surface area contributed by atoms with Crippen molar-refractivity contribution in [1.82, 2.24) is 0 Å². The van der Waals surface area contributed by atoms with Gasteiger partial charge < -0.3 is 9.84 Å². The summed E-state index contributed by atoms with van der Waals surface area (Å²) >= 11 is 0. The summed E-state index contributed by atoms with van der Waals surface area (Å²) in [5.41, 5.74) is 2.99. The topological polar surface area (TPSA) is 29.5 Å². The van der Waals surface area contributed by atoms with Gasteiger partial charge in [0, 0.05) is 6.61 Å². The molecule has 0 amide bonds. The molecule has 0 aliphatic carbocycles. The average Bonchev–Trinajstić information content (AvgIpc) is 2.70. The molecule has 2 atom stereocenters. The van der Waals surface area contributed by atoms with Gasteiger partial charge in [-0.05, 0) is 50.3 Å². The molecule has 1 heterocycles. The molecule has 88 valence electrons. The normalized spacial score (nSPS) is 27.0. The molecule has 16 heavy (non-hydrogen) atoms. The average molecular weight is 220 g/mol. The zero-order chi connectivity index (χ0) is 11.8. The van der Waals surface area contributed by atoms with Crippen molar-refractivity contribution in [2.45, 2.75) is 45.3 Å². The Morgan fingerprint density at radius 2 is 2.12 bits per heavy atom. The van der Waals surface area contributed by atoms with Gasteiger partial charge in [-0.15, -0.1) is 0 Å². The van der Waals surface area contributed by atoms with Crippen molar-refractivity contribution in [3.63, 3.8) is 0 Å². The Labute approximate surface area is 97.3 Å². The van der Waals surface area contributed by atoms with E-state index in [0.717, 1.165) is 25.0 Å². The number of hydrogen-bond acceptors (Lipinski definition) is 2. The molecule has 1 aromatic carbocycles. The number of aliphatic hydroxyl groups is 1. The summed E-state index contributed by atoms with van der Waals surface area (Å²) in [4.78, 5) is 0. The van der Waals surface area contributed by atoms with E-state index in [1.54, 1.807) is 0 Å². The Bertz CT molecular complexity index is 378. The molecule has 1 fully saturated rings. The fourth-order valence-electron chi connectivity index (χ4n) is 2.42. The molecule has 1 aliphatic rings. The molecule has 2 unspecified atom stereocenters. The minimum atomic E-state index is -0.519. The number of benzene rings is 1. The van der Waals surface area contributed by atoms with E-state index in [1.807, 2.05) is 19.1 Å². The first-order chi connectivity index (χ1) is 7.54. The molecule has 1 saturated heterocycles. The lowest BCUT2D eigenvalue weighted by Gasteiger charge is -2.30. The van der Waals surface area contributed by atoms with Gasteiger partial charge in [-0.25, -0.2) is 0 Å². The van der Waals surface area contributed by atoms with Crippen LogP contribution in [0.1, 0.15) is 42.6 Å². The first-order valence-corrected chi connectivity index (χ1v) is 5.93. The third kappa shape index (κ3) is 1.87. The molecule has 2 rings (SSSR count). The van der Waals surface area contributed by atoms with Crippen LogP contribution in [0.25, 0.3) is 0 Å². The number of aliphatic hydroxyl groups excluding tert-OH is 1. The van der Waals surface area contributed by atoms with Gasteiger partial charge in [0.1, 0.15) is 6.10 Å². The second kappa shape index (κ2) is 4.19. The predicted molar refractivity (Wildman–Crippen MR) is 64.5 cm³/mol. The highest BCUT2D eigenvalue weighted by atomic mass is 16.5. The Kier molecular flexibility index (Phi) is 3.04. The zero-order valence-corrected chi connectivity index (χ0v) is 10.3. The largest absolute Gasteiger partial charge is 0.385 e. The lowest BCUT2D eigenvalue weighted by molar-refractivity contribution is -0.0798. The molecule has 0 bridgehead atoms. The SMILES string of the molecule is Cc1cccc(C(O)C2(C)CCCO2)c1C. The fraction of sp³-hybridized carbons (Fsp3) is 0.571. The molecule has 1 N–H and O–H groups in total. The van der Waals surface area contributed by atoms with E-state index >= 15 is 0 Å². The molecule has 0 spiro atoms. The van der Waals surface area contributed by atoms with Crippen molar-refractivity contribution in [2.75, 3.05) is 6.61 Å². The lowest BCUT2D eigenvalue weighted by Crippen LogP contribution is -2.32. The van der Waals surface area contributed by atoms with Gasteiger partial charge in [-0.3, -0.25) is 0 Å². The van der Waals surface area contributed by atoms with Crippen molar-refractivity contribution in [3.05, 3.63) is 34.9 Å². The molecule has 0 radical (unpaired) electrons. The van der Waals surface area contributed by atoms with E-state index in [1.165, 1.54) is 11.1 Å². The van der Waals surface area contributed by atoms with E-state index in [9.17, 15) is 5.11 Å². The van der Waals surface area contributed by atoms with E-state index in [2.05, 4.69) is 19.9 Å². The number of aryl methyl sites for hydroxylation is 1. The summed E-state index contributed by atoms with van der Waals surface area (Å²) in [7, 11) is 0. The van der Waals surface area contributed by atoms with Gasteiger partial charge in [0.05, 0.1) is 5.60 Å². The van der Waals surface area contributed by atoms with Crippen LogP contribution in [0.5, 0.6) is 0 Å². The van der Waals surface area contributed by atoms with E-state index in [-0.39, 0.29) is 0 Å². The monoisotopic (exact) mass is 220 g/mol. The standard InChI is InChI=1S/C14H20O2/c1-10-6-4-7-12(11(10)2)13(15)14(3)8-5-9-16-14/h4,6-7,13,15H,5,8-9H2,1-3H3. The van der Waals surface area contributed by atoms with Crippen LogP contribution in [0.4, 0.5) is 0 Å². The van der Waals surface area contributed by atoms with Crippen LogP contribution in [-0.4, -0.2) is 17.3 Å². The minimum Gasteiger partial charge on any atom is -0.385 e. The summed E-state index contributed by atoms with van der Waals surface area (Å²) in [6.07, 6.45) is 1.45. The highest BCUT2D eigenvalue weighted by Gasteiger charge is 2.38. The van der Waals surface area contributed by atoms with Gasteiger partial charge in [-0.2, -0.15) is 0 Å². The first kappa shape index (κ1) is 11.6. The Balaban J connectivity index is 2.33. The molecular weight excluding hydrogens is 200 g/mol. The van der Waals surface area contributed by atoms with Crippen molar-refractivity contribution >= 4 is 0 Å². The first-order valence-electron chi connectivity index (χ1n) is 5.93. The Hall–Kier alpha value is -0.860. The highest BCUT2D eigenvalue weighted by Crippen LogP contribution is 2.38. The number of hydrogen-bond donors (Lipinski definition) is 1. The summed E-state index contributed by atoms with van der Waals surface area (Å²) in [5.74, 6) is 0. The Morgan fingerprint density at radius 1 is 1.38 bits per heavy atom. The summed E-state index contributed by atoms with van der Waals surface area (Å²) in [5, 5.41) is 10.5. The predicted octanol–water partition coefficient (Wildman–Crippen LogP) is 2.91. The van der Waals surface area contributed by atoms with Gasteiger partial charge in [0.15, 0.2) is 0 Å². The summed E-state index contributed by atoms with van der Waals surface area (Å²) < 4.78 is 5.70. The highest BCUT2D eigenvalue weighted by molar-refractivity contribution is 5.35. The second-order valence-corrected chi connectivity index (χ2v) is 4.96. The van der Waals surface area contributed by atoms with Gasteiger partial charge in [0.25, 0.3) is 0 Å². The molecule has 2 nitrogen and oxygen atoms in total. The third-order valence-corrected chi connectivity index (χ3v) is 3.77. The third-order valence-electron chi connectivity index (χ3n) is 3.77. The molecular formula is C14H20O2. The smallest absolute Gasteiger partial charge is 0.108 e. The van der Waals surface area contributed by atoms with Crippen molar-refractivity contribution in [2.24, 2.45) is 0 Å². The zero-order valence-electron chi connectivity index (χ0n) is 10.3. The van der Waals surface area contributed by atoms with E-state index < -0.39 is 11.7 Å². The minimum absolute atomic E-state index is 0.404.